The van der Waals surface area contributed by atoms with Gasteiger partial charge in [0.1, 0.15) is 30.4 Å². The summed E-state index contributed by atoms with van der Waals surface area (Å²) in [6.45, 7) is 4.33. The molecule has 0 radical (unpaired) electrons. The highest BCUT2D eigenvalue weighted by molar-refractivity contribution is 6.08. The molecule has 0 fully saturated rings. The molecule has 5 rings (SSSR count). The van der Waals surface area contributed by atoms with Crippen LogP contribution in [0.3, 0.4) is 0 Å². The summed E-state index contributed by atoms with van der Waals surface area (Å²) >= 11 is 0. The monoisotopic (exact) mass is 355 g/mol. The number of ether oxygens (including phenoxy) is 1. The Balaban J connectivity index is 1.70. The first kappa shape index (κ1) is 16.1. The van der Waals surface area contributed by atoms with Crippen LogP contribution in [0.25, 0.3) is 21.7 Å². The van der Waals surface area contributed by atoms with Gasteiger partial charge in [-0.15, -0.1) is 0 Å². The lowest BCUT2D eigenvalue weighted by Crippen LogP contribution is -2.33. The largest absolute Gasteiger partial charge is 0.497 e. The van der Waals surface area contributed by atoms with Crippen molar-refractivity contribution in [3.8, 4) is 5.75 Å². The highest BCUT2D eigenvalue weighted by Gasteiger charge is 2.36. The van der Waals surface area contributed by atoms with Crippen LogP contribution >= 0.6 is 0 Å². The zero-order valence-corrected chi connectivity index (χ0v) is 15.7. The zero-order valence-electron chi connectivity index (χ0n) is 15.7. The van der Waals surface area contributed by atoms with E-state index >= 15 is 0 Å². The molecule has 1 aliphatic heterocycles. The Morgan fingerprint density at radius 3 is 2.26 bits per heavy atom. The molecule has 0 bridgehead atoms. The Morgan fingerprint density at radius 1 is 0.852 bits per heavy atom. The average molecular weight is 355 g/mol. The molecule has 0 saturated heterocycles. The number of fused-ring (bicyclic) bond motifs is 6. The lowest BCUT2D eigenvalue weighted by Gasteiger charge is -2.21. The highest BCUT2D eigenvalue weighted by Crippen LogP contribution is 2.36. The van der Waals surface area contributed by atoms with Crippen molar-refractivity contribution in [1.29, 1.82) is 0 Å². The molecule has 3 nitrogen and oxygen atoms in total. The van der Waals surface area contributed by atoms with Gasteiger partial charge in [-0.3, -0.25) is 4.90 Å². The van der Waals surface area contributed by atoms with E-state index in [2.05, 4.69) is 89.2 Å². The van der Waals surface area contributed by atoms with Crippen LogP contribution in [0.2, 0.25) is 0 Å². The number of nitrogens with zero attached hydrogens (tertiary/aromatic N) is 2. The molecule has 1 unspecified atom stereocenters. The van der Waals surface area contributed by atoms with Gasteiger partial charge >= 0.3 is 0 Å². The molecule has 1 atom stereocenters. The van der Waals surface area contributed by atoms with Crippen LogP contribution in [-0.4, -0.2) is 13.7 Å². The first-order chi connectivity index (χ1) is 13.3. The van der Waals surface area contributed by atoms with E-state index in [1.807, 2.05) is 0 Å². The fourth-order valence-electron chi connectivity index (χ4n) is 4.40. The van der Waals surface area contributed by atoms with Gasteiger partial charge in [0.2, 0.25) is 0 Å². The van der Waals surface area contributed by atoms with Crippen molar-refractivity contribution in [3.63, 3.8) is 0 Å². The van der Waals surface area contributed by atoms with E-state index < -0.39 is 0 Å². The molecule has 0 N–H and O–H groups in total. The minimum Gasteiger partial charge on any atom is -0.497 e. The molecule has 0 spiro atoms. The maximum atomic E-state index is 5.32. The van der Waals surface area contributed by atoms with Crippen LogP contribution in [0.15, 0.2) is 72.8 Å². The Hall–Kier alpha value is -3.07. The number of aromatic nitrogens is 1. The molecule has 0 amide bonds. The van der Waals surface area contributed by atoms with Crippen LogP contribution in [-0.2, 0) is 6.54 Å². The van der Waals surface area contributed by atoms with Crippen LogP contribution in [0.5, 0.6) is 5.75 Å². The van der Waals surface area contributed by atoms with Gasteiger partial charge in [-0.25, -0.2) is 4.57 Å². The summed E-state index contributed by atoms with van der Waals surface area (Å²) in [5.41, 5.74) is 2.62. The third kappa shape index (κ3) is 2.46. The van der Waals surface area contributed by atoms with Crippen molar-refractivity contribution in [2.24, 2.45) is 0 Å². The van der Waals surface area contributed by atoms with Crippen LogP contribution in [0.4, 0.5) is 5.82 Å². The smallest absolute Gasteiger partial charge is 0.285 e. The molecular weight excluding hydrogens is 332 g/mol. The molecule has 3 heteroatoms. The molecule has 134 valence electrons. The highest BCUT2D eigenvalue weighted by atomic mass is 16.5. The lowest BCUT2D eigenvalue weighted by atomic mass is 10.0. The number of rotatable bonds is 3. The van der Waals surface area contributed by atoms with E-state index in [1.54, 1.807) is 7.11 Å². The Labute approximate surface area is 159 Å². The third-order valence-corrected chi connectivity index (χ3v) is 5.81. The topological polar surface area (TPSA) is 16.4 Å². The van der Waals surface area contributed by atoms with Gasteiger partial charge in [-0.1, -0.05) is 48.5 Å². The minimum absolute atomic E-state index is 0.300. The number of pyridine rings is 1. The van der Waals surface area contributed by atoms with E-state index in [-0.39, 0.29) is 0 Å². The number of methoxy groups -OCH3 is 1. The molecule has 0 saturated carbocycles. The zero-order chi connectivity index (χ0) is 18.4. The predicted octanol–water partition coefficient (Wildman–Crippen LogP) is 4.87. The van der Waals surface area contributed by atoms with Gasteiger partial charge in [0.15, 0.2) is 0 Å². The maximum absolute atomic E-state index is 5.32. The molecule has 4 aromatic rings. The van der Waals surface area contributed by atoms with Crippen LogP contribution < -0.4 is 14.2 Å². The fourth-order valence-corrected chi connectivity index (χ4v) is 4.40. The Kier molecular flexibility index (Phi) is 3.75. The predicted molar refractivity (Wildman–Crippen MR) is 110 cm³/mol. The summed E-state index contributed by atoms with van der Waals surface area (Å²) in [4.78, 5) is 2.54. The SMILES string of the molecule is COc1ccc(C(C)N2CC[n+]3c2c2ccccc2c2ccccc23)cc1. The molecule has 2 heterocycles. The number of benzene rings is 3. The third-order valence-electron chi connectivity index (χ3n) is 5.81. The standard InChI is InChI=1S/C24H23N2O/c1-17(18-11-13-19(27-2)14-12-18)25-15-16-26-23-10-6-5-8-21(23)20-7-3-4-9-22(20)24(25)26/h3-14,17H,15-16H2,1-2H3/q+1. The second-order valence-corrected chi connectivity index (χ2v) is 7.18. The fraction of sp³-hybridized carbons (Fsp3) is 0.208. The second-order valence-electron chi connectivity index (χ2n) is 7.18. The summed E-state index contributed by atoms with van der Waals surface area (Å²) in [5, 5.41) is 3.98. The van der Waals surface area contributed by atoms with Crippen molar-refractivity contribution in [3.05, 3.63) is 78.4 Å². The number of hydrogen-bond acceptors (Lipinski definition) is 2. The average Bonchev–Trinajstić information content (AvgIpc) is 3.19. The molecule has 27 heavy (non-hydrogen) atoms. The molecule has 1 aliphatic rings. The Morgan fingerprint density at radius 2 is 1.52 bits per heavy atom. The van der Waals surface area contributed by atoms with Crippen molar-refractivity contribution in [1.82, 2.24) is 0 Å². The summed E-state index contributed by atoms with van der Waals surface area (Å²) in [6.07, 6.45) is 0. The molecule has 1 aromatic heterocycles. The lowest BCUT2D eigenvalue weighted by molar-refractivity contribution is -0.643. The summed E-state index contributed by atoms with van der Waals surface area (Å²) in [6, 6.07) is 26.3. The van der Waals surface area contributed by atoms with E-state index in [0.717, 1.165) is 18.8 Å². The van der Waals surface area contributed by atoms with Crippen LogP contribution in [0, 0.1) is 0 Å². The first-order valence-corrected chi connectivity index (χ1v) is 9.52. The van der Waals surface area contributed by atoms with Crippen molar-refractivity contribution in [2.45, 2.75) is 19.5 Å². The number of anilines is 1. The molecule has 3 aromatic carbocycles. The minimum atomic E-state index is 0.300. The first-order valence-electron chi connectivity index (χ1n) is 9.52. The quantitative estimate of drug-likeness (QED) is 0.385. The summed E-state index contributed by atoms with van der Waals surface area (Å²) in [5.74, 6) is 2.23. The summed E-state index contributed by atoms with van der Waals surface area (Å²) in [7, 11) is 1.71. The number of para-hydroxylation sites is 1. The van der Waals surface area contributed by atoms with E-state index in [4.69, 9.17) is 4.74 Å². The maximum Gasteiger partial charge on any atom is 0.285 e. The van der Waals surface area contributed by atoms with Crippen molar-refractivity contribution in [2.75, 3.05) is 18.6 Å². The van der Waals surface area contributed by atoms with Gasteiger partial charge in [0, 0.05) is 10.8 Å². The Bertz CT molecular complexity index is 1130. The van der Waals surface area contributed by atoms with E-state index in [1.165, 1.54) is 33.1 Å². The molecular formula is C24H23N2O+. The second kappa shape index (κ2) is 6.27. The normalized spacial score (nSPS) is 14.5. The van der Waals surface area contributed by atoms with Gasteiger partial charge < -0.3 is 4.74 Å². The van der Waals surface area contributed by atoms with E-state index in [9.17, 15) is 0 Å². The summed E-state index contributed by atoms with van der Waals surface area (Å²) < 4.78 is 7.80. The van der Waals surface area contributed by atoms with Gasteiger partial charge in [0.25, 0.3) is 5.82 Å². The van der Waals surface area contributed by atoms with Crippen molar-refractivity contribution < 1.29 is 9.30 Å². The van der Waals surface area contributed by atoms with Crippen LogP contribution in [0.1, 0.15) is 18.5 Å². The van der Waals surface area contributed by atoms with E-state index in [0.29, 0.717) is 6.04 Å². The molecule has 0 aliphatic carbocycles. The van der Waals surface area contributed by atoms with Crippen molar-refractivity contribution >= 4 is 27.5 Å². The van der Waals surface area contributed by atoms with Gasteiger partial charge in [-0.2, -0.15) is 0 Å². The number of hydrogen-bond donors (Lipinski definition) is 0. The van der Waals surface area contributed by atoms with Gasteiger partial charge in [-0.05, 0) is 36.8 Å². The van der Waals surface area contributed by atoms with Gasteiger partial charge in [0.05, 0.1) is 12.5 Å².